The van der Waals surface area contributed by atoms with Gasteiger partial charge in [0.1, 0.15) is 11.6 Å². The topological polar surface area (TPSA) is 78.5 Å². The SMILES string of the molecule is CCC(C)N(CC(=O)N(C)Cc1ccccc1OC)Cc1nc2ccccc2c(=O)[nH]1. The molecule has 0 saturated heterocycles. The molecule has 0 fully saturated rings. The Kier molecular flexibility index (Phi) is 7.41. The van der Waals surface area contributed by atoms with Crippen LogP contribution in [0.3, 0.4) is 0 Å². The lowest BCUT2D eigenvalue weighted by Gasteiger charge is -2.29. The Morgan fingerprint density at radius 1 is 1.13 bits per heavy atom. The molecule has 0 bridgehead atoms. The molecule has 1 heterocycles. The van der Waals surface area contributed by atoms with Crippen molar-refractivity contribution in [3.05, 3.63) is 70.3 Å². The van der Waals surface area contributed by atoms with E-state index in [0.29, 0.717) is 29.8 Å². The molecule has 1 unspecified atom stereocenters. The van der Waals surface area contributed by atoms with Crippen LogP contribution in [0.5, 0.6) is 5.75 Å². The summed E-state index contributed by atoms with van der Waals surface area (Å²) in [6, 6.07) is 15.1. The zero-order valence-corrected chi connectivity index (χ0v) is 18.6. The van der Waals surface area contributed by atoms with Crippen LogP contribution >= 0.6 is 0 Å². The predicted octanol–water partition coefficient (Wildman–Crippen LogP) is 3.19. The summed E-state index contributed by atoms with van der Waals surface area (Å²) < 4.78 is 5.40. The van der Waals surface area contributed by atoms with Crippen LogP contribution in [-0.2, 0) is 17.9 Å². The number of nitrogens with zero attached hydrogens (tertiary/aromatic N) is 3. The minimum Gasteiger partial charge on any atom is -0.496 e. The lowest BCUT2D eigenvalue weighted by molar-refractivity contribution is -0.132. The molecule has 164 valence electrons. The van der Waals surface area contributed by atoms with E-state index in [4.69, 9.17) is 4.74 Å². The van der Waals surface area contributed by atoms with Gasteiger partial charge in [-0.05, 0) is 31.5 Å². The highest BCUT2D eigenvalue weighted by molar-refractivity contribution is 5.78. The van der Waals surface area contributed by atoms with Crippen molar-refractivity contribution in [3.63, 3.8) is 0 Å². The lowest BCUT2D eigenvalue weighted by atomic mass is 10.2. The molecule has 1 atom stereocenters. The molecule has 1 aromatic heterocycles. The molecule has 2 aromatic carbocycles. The first-order chi connectivity index (χ1) is 14.9. The molecule has 0 aliphatic heterocycles. The van der Waals surface area contributed by atoms with Gasteiger partial charge in [-0.15, -0.1) is 0 Å². The Morgan fingerprint density at radius 3 is 2.58 bits per heavy atom. The van der Waals surface area contributed by atoms with Crippen LogP contribution in [0.2, 0.25) is 0 Å². The molecule has 0 aliphatic rings. The first-order valence-corrected chi connectivity index (χ1v) is 10.5. The lowest BCUT2D eigenvalue weighted by Crippen LogP contribution is -2.42. The van der Waals surface area contributed by atoms with Crippen molar-refractivity contribution >= 4 is 16.8 Å². The molecule has 3 rings (SSSR count). The van der Waals surface area contributed by atoms with Crippen molar-refractivity contribution in [1.29, 1.82) is 0 Å². The number of H-pyrrole nitrogens is 1. The summed E-state index contributed by atoms with van der Waals surface area (Å²) in [5.41, 5.74) is 1.45. The normalized spacial score (nSPS) is 12.2. The van der Waals surface area contributed by atoms with Crippen molar-refractivity contribution in [2.75, 3.05) is 20.7 Å². The molecule has 7 heteroatoms. The van der Waals surface area contributed by atoms with Crippen molar-refractivity contribution in [2.24, 2.45) is 0 Å². The van der Waals surface area contributed by atoms with E-state index in [1.807, 2.05) is 47.4 Å². The van der Waals surface area contributed by atoms with Gasteiger partial charge in [-0.25, -0.2) is 4.98 Å². The van der Waals surface area contributed by atoms with Crippen LogP contribution in [0, 0.1) is 0 Å². The number of rotatable bonds is 9. The number of amides is 1. The van der Waals surface area contributed by atoms with E-state index in [1.54, 1.807) is 25.1 Å². The number of ether oxygens (including phenoxy) is 1. The summed E-state index contributed by atoms with van der Waals surface area (Å²) in [6.45, 7) is 5.24. The van der Waals surface area contributed by atoms with Gasteiger partial charge in [0.15, 0.2) is 0 Å². The number of benzene rings is 2. The number of likely N-dealkylation sites (N-methyl/N-ethyl adjacent to an activating group) is 1. The van der Waals surface area contributed by atoms with Gasteiger partial charge in [0, 0.05) is 25.2 Å². The third-order valence-electron chi connectivity index (χ3n) is 5.59. The zero-order chi connectivity index (χ0) is 22.4. The number of fused-ring (bicyclic) bond motifs is 1. The largest absolute Gasteiger partial charge is 0.496 e. The predicted molar refractivity (Wildman–Crippen MR) is 122 cm³/mol. The second kappa shape index (κ2) is 10.2. The summed E-state index contributed by atoms with van der Waals surface area (Å²) in [7, 11) is 3.42. The van der Waals surface area contributed by atoms with Crippen LogP contribution in [-0.4, -0.2) is 52.4 Å². The van der Waals surface area contributed by atoms with Crippen LogP contribution in [0.25, 0.3) is 10.9 Å². The number of para-hydroxylation sites is 2. The first-order valence-electron chi connectivity index (χ1n) is 10.5. The van der Waals surface area contributed by atoms with Gasteiger partial charge < -0.3 is 14.6 Å². The first kappa shape index (κ1) is 22.5. The molecule has 1 amide bonds. The molecule has 7 nitrogen and oxygen atoms in total. The van der Waals surface area contributed by atoms with Crippen molar-refractivity contribution in [1.82, 2.24) is 19.8 Å². The van der Waals surface area contributed by atoms with Crippen LogP contribution in [0.4, 0.5) is 0 Å². The Morgan fingerprint density at radius 2 is 1.84 bits per heavy atom. The number of carbonyl (C=O) groups excluding carboxylic acids is 1. The van der Waals surface area contributed by atoms with Gasteiger partial charge in [0.25, 0.3) is 5.56 Å². The summed E-state index contributed by atoms with van der Waals surface area (Å²) in [4.78, 5) is 36.6. The third-order valence-corrected chi connectivity index (χ3v) is 5.59. The third kappa shape index (κ3) is 5.49. The van der Waals surface area contributed by atoms with Crippen molar-refractivity contribution in [2.45, 2.75) is 39.4 Å². The molecule has 3 aromatic rings. The van der Waals surface area contributed by atoms with E-state index < -0.39 is 0 Å². The maximum Gasteiger partial charge on any atom is 0.258 e. The Balaban J connectivity index is 1.75. The van der Waals surface area contributed by atoms with Gasteiger partial charge in [-0.3, -0.25) is 14.5 Å². The van der Waals surface area contributed by atoms with E-state index in [-0.39, 0.29) is 24.1 Å². The Labute approximate surface area is 182 Å². The summed E-state index contributed by atoms with van der Waals surface area (Å²) in [5.74, 6) is 1.32. The van der Waals surface area contributed by atoms with E-state index in [1.165, 1.54) is 0 Å². The van der Waals surface area contributed by atoms with Gasteiger partial charge in [-0.1, -0.05) is 37.3 Å². The van der Waals surface area contributed by atoms with Crippen molar-refractivity contribution < 1.29 is 9.53 Å². The fourth-order valence-corrected chi connectivity index (χ4v) is 3.50. The van der Waals surface area contributed by atoms with E-state index in [2.05, 4.69) is 23.8 Å². The molecule has 31 heavy (non-hydrogen) atoms. The fourth-order valence-electron chi connectivity index (χ4n) is 3.50. The molecular formula is C24H30N4O3. The molecule has 0 aliphatic carbocycles. The Bertz CT molecular complexity index is 1100. The fraction of sp³-hybridized carbons (Fsp3) is 0.375. The number of methoxy groups -OCH3 is 1. The van der Waals surface area contributed by atoms with Gasteiger partial charge >= 0.3 is 0 Å². The average Bonchev–Trinajstić information content (AvgIpc) is 2.78. The average molecular weight is 423 g/mol. The van der Waals surface area contributed by atoms with Crippen LogP contribution in [0.15, 0.2) is 53.3 Å². The molecule has 0 radical (unpaired) electrons. The monoisotopic (exact) mass is 422 g/mol. The number of aromatic amines is 1. The zero-order valence-electron chi connectivity index (χ0n) is 18.6. The molecule has 0 spiro atoms. The minimum atomic E-state index is -0.163. The number of hydrogen-bond acceptors (Lipinski definition) is 5. The van der Waals surface area contributed by atoms with E-state index in [0.717, 1.165) is 17.7 Å². The quantitative estimate of drug-likeness (QED) is 0.573. The maximum atomic E-state index is 13.0. The Hall–Kier alpha value is -3.19. The number of aromatic nitrogens is 2. The highest BCUT2D eigenvalue weighted by Crippen LogP contribution is 2.19. The standard InChI is InChI=1S/C24H30N4O3/c1-5-17(2)28(15-22-25-20-12-8-7-11-19(20)24(30)26-22)16-23(29)27(3)14-18-10-6-9-13-21(18)31-4/h6-13,17H,5,14-16H2,1-4H3,(H,25,26,30). The van der Waals surface area contributed by atoms with Crippen LogP contribution < -0.4 is 10.3 Å². The van der Waals surface area contributed by atoms with Gasteiger partial charge in [0.05, 0.1) is 31.1 Å². The molecular weight excluding hydrogens is 392 g/mol. The summed E-state index contributed by atoms with van der Waals surface area (Å²) in [6.07, 6.45) is 0.876. The van der Waals surface area contributed by atoms with Gasteiger partial charge in [0.2, 0.25) is 5.91 Å². The second-order valence-electron chi connectivity index (χ2n) is 7.75. The van der Waals surface area contributed by atoms with Gasteiger partial charge in [-0.2, -0.15) is 0 Å². The molecule has 1 N–H and O–H groups in total. The highest BCUT2D eigenvalue weighted by atomic mass is 16.5. The summed E-state index contributed by atoms with van der Waals surface area (Å²) in [5, 5.41) is 0.564. The van der Waals surface area contributed by atoms with Crippen molar-refractivity contribution in [3.8, 4) is 5.75 Å². The smallest absolute Gasteiger partial charge is 0.258 e. The number of nitrogens with one attached hydrogen (secondary N) is 1. The number of carbonyl (C=O) groups is 1. The minimum absolute atomic E-state index is 0.00524. The van der Waals surface area contributed by atoms with Crippen LogP contribution in [0.1, 0.15) is 31.7 Å². The molecule has 0 saturated carbocycles. The maximum absolute atomic E-state index is 13.0. The van der Waals surface area contributed by atoms with E-state index >= 15 is 0 Å². The number of hydrogen-bond donors (Lipinski definition) is 1. The second-order valence-corrected chi connectivity index (χ2v) is 7.75. The highest BCUT2D eigenvalue weighted by Gasteiger charge is 2.21. The van der Waals surface area contributed by atoms with E-state index in [9.17, 15) is 9.59 Å². The summed E-state index contributed by atoms with van der Waals surface area (Å²) >= 11 is 0.